The fourth-order valence-corrected chi connectivity index (χ4v) is 3.74. The fourth-order valence-electron chi connectivity index (χ4n) is 3.74. The Kier molecular flexibility index (Phi) is 5.65. The van der Waals surface area contributed by atoms with Crippen molar-refractivity contribution < 1.29 is 13.9 Å². The number of halogens is 1. The SMILES string of the molecule is COc1cc([C@@H](c2ccncc2)N2CCOCC2)ccc1-c1ccc(F)cc1. The highest BCUT2D eigenvalue weighted by molar-refractivity contribution is 5.71. The molecule has 0 amide bonds. The maximum absolute atomic E-state index is 13.3. The smallest absolute Gasteiger partial charge is 0.127 e. The zero-order valence-electron chi connectivity index (χ0n) is 15.8. The predicted molar refractivity (Wildman–Crippen MR) is 107 cm³/mol. The van der Waals surface area contributed by atoms with Gasteiger partial charge in [-0.1, -0.05) is 24.3 Å². The van der Waals surface area contributed by atoms with Gasteiger partial charge in [-0.15, -0.1) is 0 Å². The second-order valence-electron chi connectivity index (χ2n) is 6.80. The molecule has 1 aliphatic heterocycles. The number of aromatic nitrogens is 1. The minimum atomic E-state index is -0.246. The molecule has 4 rings (SSSR count). The van der Waals surface area contributed by atoms with Crippen LogP contribution in [0.1, 0.15) is 17.2 Å². The summed E-state index contributed by atoms with van der Waals surface area (Å²) in [5.74, 6) is 0.529. The third-order valence-corrected chi connectivity index (χ3v) is 5.13. The van der Waals surface area contributed by atoms with Gasteiger partial charge in [-0.05, 0) is 47.0 Å². The number of morpholine rings is 1. The van der Waals surface area contributed by atoms with E-state index in [0.29, 0.717) is 0 Å². The molecule has 2 aromatic carbocycles. The Morgan fingerprint density at radius 1 is 0.964 bits per heavy atom. The molecule has 1 atom stereocenters. The van der Waals surface area contributed by atoms with Crippen LogP contribution in [0.4, 0.5) is 4.39 Å². The third-order valence-electron chi connectivity index (χ3n) is 5.13. The number of methoxy groups -OCH3 is 1. The molecule has 5 heteroatoms. The van der Waals surface area contributed by atoms with E-state index in [1.807, 2.05) is 12.4 Å². The molecular weight excluding hydrogens is 355 g/mol. The van der Waals surface area contributed by atoms with Crippen molar-refractivity contribution in [1.82, 2.24) is 9.88 Å². The Morgan fingerprint density at radius 2 is 1.68 bits per heavy atom. The molecule has 1 aliphatic rings. The average molecular weight is 378 g/mol. The maximum atomic E-state index is 13.3. The second-order valence-corrected chi connectivity index (χ2v) is 6.80. The van der Waals surface area contributed by atoms with E-state index in [1.54, 1.807) is 19.2 Å². The number of ether oxygens (including phenoxy) is 2. The minimum Gasteiger partial charge on any atom is -0.496 e. The summed E-state index contributed by atoms with van der Waals surface area (Å²) in [6.45, 7) is 3.20. The predicted octanol–water partition coefficient (Wildman–Crippen LogP) is 4.32. The van der Waals surface area contributed by atoms with Gasteiger partial charge in [0.15, 0.2) is 0 Å². The largest absolute Gasteiger partial charge is 0.496 e. The molecule has 0 radical (unpaired) electrons. The number of hydrogen-bond acceptors (Lipinski definition) is 4. The lowest BCUT2D eigenvalue weighted by Gasteiger charge is -2.35. The van der Waals surface area contributed by atoms with Crippen LogP contribution in [0.5, 0.6) is 5.75 Å². The lowest BCUT2D eigenvalue weighted by atomic mass is 9.94. The van der Waals surface area contributed by atoms with E-state index >= 15 is 0 Å². The Bertz CT molecular complexity index is 910. The summed E-state index contributed by atoms with van der Waals surface area (Å²) < 4.78 is 24.5. The van der Waals surface area contributed by atoms with Crippen LogP contribution in [0.3, 0.4) is 0 Å². The Morgan fingerprint density at radius 3 is 2.36 bits per heavy atom. The summed E-state index contributed by atoms with van der Waals surface area (Å²) in [6, 6.07) is 17.0. The molecule has 0 spiro atoms. The standard InChI is InChI=1S/C23H23FN2O2/c1-27-22-16-19(4-7-21(22)17-2-5-20(24)6-3-17)23(18-8-10-25-11-9-18)26-12-14-28-15-13-26/h2-11,16,23H,12-15H2,1H3/t23-/m1/s1. The van der Waals surface area contributed by atoms with Crippen LogP contribution < -0.4 is 4.74 Å². The Labute approximate surface area is 164 Å². The number of rotatable bonds is 5. The van der Waals surface area contributed by atoms with Gasteiger partial charge >= 0.3 is 0 Å². The lowest BCUT2D eigenvalue weighted by molar-refractivity contribution is 0.0239. The van der Waals surface area contributed by atoms with Crippen LogP contribution in [0.2, 0.25) is 0 Å². The minimum absolute atomic E-state index is 0.100. The molecule has 4 nitrogen and oxygen atoms in total. The van der Waals surface area contributed by atoms with Gasteiger partial charge in [0, 0.05) is 31.0 Å². The van der Waals surface area contributed by atoms with Gasteiger partial charge in [0.1, 0.15) is 11.6 Å². The van der Waals surface area contributed by atoms with E-state index in [-0.39, 0.29) is 11.9 Å². The molecule has 0 N–H and O–H groups in total. The molecule has 1 aromatic heterocycles. The lowest BCUT2D eigenvalue weighted by Crippen LogP contribution is -2.39. The van der Waals surface area contributed by atoms with Crippen molar-refractivity contribution in [1.29, 1.82) is 0 Å². The molecule has 1 fully saturated rings. The molecule has 0 unspecified atom stereocenters. The summed E-state index contributed by atoms with van der Waals surface area (Å²) in [5, 5.41) is 0. The Balaban J connectivity index is 1.75. The molecule has 144 valence electrons. The topological polar surface area (TPSA) is 34.6 Å². The number of pyridine rings is 1. The molecule has 0 aliphatic carbocycles. The van der Waals surface area contributed by atoms with Crippen LogP contribution in [-0.4, -0.2) is 43.3 Å². The monoisotopic (exact) mass is 378 g/mol. The second kappa shape index (κ2) is 8.50. The molecular formula is C23H23FN2O2. The van der Waals surface area contributed by atoms with Crippen molar-refractivity contribution in [2.24, 2.45) is 0 Å². The molecule has 2 heterocycles. The van der Waals surface area contributed by atoms with Crippen molar-refractivity contribution in [3.63, 3.8) is 0 Å². The van der Waals surface area contributed by atoms with Gasteiger partial charge in [0.2, 0.25) is 0 Å². The number of nitrogens with zero attached hydrogens (tertiary/aromatic N) is 2. The normalized spacial score (nSPS) is 15.9. The molecule has 28 heavy (non-hydrogen) atoms. The molecule has 3 aromatic rings. The van der Waals surface area contributed by atoms with Gasteiger partial charge in [-0.25, -0.2) is 4.39 Å². The molecule has 0 bridgehead atoms. The van der Waals surface area contributed by atoms with E-state index in [2.05, 4.69) is 40.2 Å². The van der Waals surface area contributed by atoms with Gasteiger partial charge in [-0.3, -0.25) is 9.88 Å². The first kappa shape index (κ1) is 18.6. The quantitative estimate of drug-likeness (QED) is 0.662. The number of hydrogen-bond donors (Lipinski definition) is 0. The fraction of sp³-hybridized carbons (Fsp3) is 0.261. The first-order valence-electron chi connectivity index (χ1n) is 9.42. The van der Waals surface area contributed by atoms with Crippen molar-refractivity contribution in [2.75, 3.05) is 33.4 Å². The van der Waals surface area contributed by atoms with Gasteiger partial charge in [-0.2, -0.15) is 0 Å². The van der Waals surface area contributed by atoms with Crippen LogP contribution in [0.15, 0.2) is 67.0 Å². The van der Waals surface area contributed by atoms with Crippen molar-refractivity contribution in [3.05, 3.63) is 83.9 Å². The van der Waals surface area contributed by atoms with Crippen molar-refractivity contribution in [2.45, 2.75) is 6.04 Å². The molecule has 0 saturated carbocycles. The van der Waals surface area contributed by atoms with E-state index in [4.69, 9.17) is 9.47 Å². The maximum Gasteiger partial charge on any atom is 0.127 e. The summed E-state index contributed by atoms with van der Waals surface area (Å²) in [7, 11) is 1.67. The van der Waals surface area contributed by atoms with Crippen molar-refractivity contribution in [3.8, 4) is 16.9 Å². The van der Waals surface area contributed by atoms with Gasteiger partial charge in [0.05, 0.1) is 26.4 Å². The van der Waals surface area contributed by atoms with Crippen LogP contribution in [-0.2, 0) is 4.74 Å². The average Bonchev–Trinajstić information content (AvgIpc) is 2.76. The summed E-state index contributed by atoms with van der Waals surface area (Å²) >= 11 is 0. The highest BCUT2D eigenvalue weighted by atomic mass is 19.1. The Hall–Kier alpha value is -2.76. The van der Waals surface area contributed by atoms with Crippen molar-refractivity contribution >= 4 is 0 Å². The van der Waals surface area contributed by atoms with E-state index in [1.165, 1.54) is 17.7 Å². The highest BCUT2D eigenvalue weighted by Gasteiger charge is 2.25. The van der Waals surface area contributed by atoms with E-state index in [9.17, 15) is 4.39 Å². The van der Waals surface area contributed by atoms with E-state index in [0.717, 1.165) is 48.7 Å². The highest BCUT2D eigenvalue weighted by Crippen LogP contribution is 2.36. The number of benzene rings is 2. The third kappa shape index (κ3) is 3.91. The first-order valence-corrected chi connectivity index (χ1v) is 9.42. The zero-order chi connectivity index (χ0) is 19.3. The van der Waals surface area contributed by atoms with Gasteiger partial charge in [0.25, 0.3) is 0 Å². The summed E-state index contributed by atoms with van der Waals surface area (Å²) in [5.41, 5.74) is 4.21. The van der Waals surface area contributed by atoms with Crippen LogP contribution in [0.25, 0.3) is 11.1 Å². The van der Waals surface area contributed by atoms with Crippen LogP contribution >= 0.6 is 0 Å². The summed E-state index contributed by atoms with van der Waals surface area (Å²) in [4.78, 5) is 6.58. The first-order chi connectivity index (χ1) is 13.8. The van der Waals surface area contributed by atoms with Gasteiger partial charge < -0.3 is 9.47 Å². The van der Waals surface area contributed by atoms with Crippen LogP contribution in [0, 0.1) is 5.82 Å². The van der Waals surface area contributed by atoms with E-state index < -0.39 is 0 Å². The zero-order valence-corrected chi connectivity index (χ0v) is 15.8. The summed E-state index contributed by atoms with van der Waals surface area (Å²) in [6.07, 6.45) is 3.65. The molecule has 1 saturated heterocycles.